The maximum absolute atomic E-state index is 11.5. The van der Waals surface area contributed by atoms with Crippen molar-refractivity contribution >= 4 is 35.8 Å². The largest absolute Gasteiger partial charge is 0.364 e. The van der Waals surface area contributed by atoms with Crippen LogP contribution in [0.25, 0.3) is 0 Å². The van der Waals surface area contributed by atoms with Gasteiger partial charge in [0.2, 0.25) is 5.91 Å². The van der Waals surface area contributed by atoms with Gasteiger partial charge in [-0.3, -0.25) is 4.79 Å². The van der Waals surface area contributed by atoms with E-state index in [2.05, 4.69) is 20.8 Å². The molecule has 0 atom stereocenters. The average Bonchev–Trinajstić information content (AvgIpc) is 3.13. The molecule has 22 heavy (non-hydrogen) atoms. The minimum atomic E-state index is 0. The molecule has 1 saturated heterocycles. The van der Waals surface area contributed by atoms with Crippen molar-refractivity contribution in [1.29, 1.82) is 0 Å². The van der Waals surface area contributed by atoms with Crippen LogP contribution in [0, 0.1) is 0 Å². The number of aliphatic imine (C=N–C) groups is 1. The van der Waals surface area contributed by atoms with Crippen molar-refractivity contribution in [3.63, 3.8) is 0 Å². The molecule has 8 heteroatoms. The van der Waals surface area contributed by atoms with Gasteiger partial charge in [-0.1, -0.05) is 5.16 Å². The standard InChI is InChI=1S/C14H23N5O2.HI/c1-2-15-14(17-11-12-6-10-21-18-12)16-7-4-9-19-8-3-5-13(19)20;/h6,10H,2-5,7-9,11H2,1H3,(H2,15,16,17);1H. The molecule has 124 valence electrons. The highest BCUT2D eigenvalue weighted by molar-refractivity contribution is 14.0. The van der Waals surface area contributed by atoms with E-state index in [4.69, 9.17) is 4.52 Å². The summed E-state index contributed by atoms with van der Waals surface area (Å²) in [5, 5.41) is 10.3. The molecule has 0 radical (unpaired) electrons. The van der Waals surface area contributed by atoms with Crippen LogP contribution < -0.4 is 10.6 Å². The number of amides is 1. The summed E-state index contributed by atoms with van der Waals surface area (Å²) in [7, 11) is 0. The Morgan fingerprint density at radius 3 is 3.00 bits per heavy atom. The number of hydrogen-bond donors (Lipinski definition) is 2. The van der Waals surface area contributed by atoms with E-state index in [1.165, 1.54) is 6.26 Å². The van der Waals surface area contributed by atoms with Gasteiger partial charge < -0.3 is 20.1 Å². The summed E-state index contributed by atoms with van der Waals surface area (Å²) in [4.78, 5) is 17.9. The second-order valence-corrected chi connectivity index (χ2v) is 4.95. The topological polar surface area (TPSA) is 82.8 Å². The van der Waals surface area contributed by atoms with Gasteiger partial charge in [0.15, 0.2) is 5.96 Å². The zero-order chi connectivity index (χ0) is 14.9. The molecule has 0 unspecified atom stereocenters. The van der Waals surface area contributed by atoms with Gasteiger partial charge in [-0.15, -0.1) is 24.0 Å². The zero-order valence-electron chi connectivity index (χ0n) is 12.9. The Balaban J connectivity index is 0.00000242. The Morgan fingerprint density at radius 2 is 2.36 bits per heavy atom. The van der Waals surface area contributed by atoms with E-state index in [1.807, 2.05) is 11.8 Å². The fourth-order valence-electron chi connectivity index (χ4n) is 2.24. The molecule has 0 bridgehead atoms. The lowest BCUT2D eigenvalue weighted by Crippen LogP contribution is -2.39. The van der Waals surface area contributed by atoms with Crippen LogP contribution in [0.5, 0.6) is 0 Å². The summed E-state index contributed by atoms with van der Waals surface area (Å²) in [6, 6.07) is 1.80. The summed E-state index contributed by atoms with van der Waals surface area (Å²) in [6.07, 6.45) is 4.15. The summed E-state index contributed by atoms with van der Waals surface area (Å²) in [5.74, 6) is 1.04. The summed E-state index contributed by atoms with van der Waals surface area (Å²) >= 11 is 0. The monoisotopic (exact) mass is 421 g/mol. The number of nitrogens with one attached hydrogen (secondary N) is 2. The minimum Gasteiger partial charge on any atom is -0.364 e. The maximum atomic E-state index is 11.5. The highest BCUT2D eigenvalue weighted by atomic mass is 127. The predicted octanol–water partition coefficient (Wildman–Crippen LogP) is 1.36. The third-order valence-corrected chi connectivity index (χ3v) is 3.30. The second kappa shape index (κ2) is 10.4. The first kappa shape index (κ1) is 18.7. The van der Waals surface area contributed by atoms with Crippen LogP contribution in [0.2, 0.25) is 0 Å². The summed E-state index contributed by atoms with van der Waals surface area (Å²) < 4.78 is 4.77. The van der Waals surface area contributed by atoms with Gasteiger partial charge >= 0.3 is 0 Å². The third kappa shape index (κ3) is 6.20. The number of aromatic nitrogens is 1. The highest BCUT2D eigenvalue weighted by Crippen LogP contribution is 2.09. The number of guanidine groups is 1. The molecule has 0 aromatic carbocycles. The van der Waals surface area contributed by atoms with Crippen molar-refractivity contribution in [2.75, 3.05) is 26.2 Å². The van der Waals surface area contributed by atoms with Crippen molar-refractivity contribution in [3.8, 4) is 0 Å². The van der Waals surface area contributed by atoms with Crippen LogP contribution in [-0.4, -0.2) is 48.1 Å². The fraction of sp³-hybridized carbons (Fsp3) is 0.643. The number of carbonyl (C=O) groups is 1. The molecule has 1 fully saturated rings. The first-order valence-electron chi connectivity index (χ1n) is 7.49. The molecule has 1 aliphatic rings. The van der Waals surface area contributed by atoms with E-state index < -0.39 is 0 Å². The quantitative estimate of drug-likeness (QED) is 0.301. The molecule has 1 aliphatic heterocycles. The Kier molecular flexibility index (Phi) is 8.86. The van der Waals surface area contributed by atoms with Gasteiger partial charge in [0, 0.05) is 38.7 Å². The van der Waals surface area contributed by atoms with Crippen LogP contribution >= 0.6 is 24.0 Å². The van der Waals surface area contributed by atoms with Gasteiger partial charge in [-0.05, 0) is 19.8 Å². The molecule has 2 rings (SSSR count). The second-order valence-electron chi connectivity index (χ2n) is 4.95. The number of likely N-dealkylation sites (tertiary alicyclic amines) is 1. The van der Waals surface area contributed by atoms with Crippen LogP contribution in [0.15, 0.2) is 21.8 Å². The lowest BCUT2D eigenvalue weighted by atomic mass is 10.4. The van der Waals surface area contributed by atoms with E-state index in [1.54, 1.807) is 6.07 Å². The van der Waals surface area contributed by atoms with E-state index in [9.17, 15) is 4.79 Å². The molecule has 2 heterocycles. The van der Waals surface area contributed by atoms with Gasteiger partial charge in [-0.25, -0.2) is 4.99 Å². The average molecular weight is 421 g/mol. The van der Waals surface area contributed by atoms with Crippen molar-refractivity contribution in [2.45, 2.75) is 32.7 Å². The molecule has 0 spiro atoms. The summed E-state index contributed by atoms with van der Waals surface area (Å²) in [5.41, 5.74) is 0.801. The smallest absolute Gasteiger partial charge is 0.222 e. The molecule has 7 nitrogen and oxygen atoms in total. The van der Waals surface area contributed by atoms with E-state index in [0.717, 1.165) is 50.7 Å². The van der Waals surface area contributed by atoms with Gasteiger partial charge in [0.05, 0.1) is 6.54 Å². The predicted molar refractivity (Wildman–Crippen MR) is 95.2 cm³/mol. The molecule has 1 aromatic rings. The number of halogens is 1. The van der Waals surface area contributed by atoms with E-state index in [-0.39, 0.29) is 29.9 Å². The Hall–Kier alpha value is -1.32. The van der Waals surface area contributed by atoms with Crippen molar-refractivity contribution in [3.05, 3.63) is 18.0 Å². The zero-order valence-corrected chi connectivity index (χ0v) is 15.2. The van der Waals surface area contributed by atoms with Gasteiger partial charge in [0.25, 0.3) is 0 Å². The normalized spacial score (nSPS) is 14.9. The number of hydrogen-bond acceptors (Lipinski definition) is 4. The van der Waals surface area contributed by atoms with Crippen molar-refractivity contribution in [2.24, 2.45) is 4.99 Å². The molecular formula is C14H24IN5O2. The van der Waals surface area contributed by atoms with Gasteiger partial charge in [0.1, 0.15) is 12.0 Å². The van der Waals surface area contributed by atoms with Crippen LogP contribution in [0.4, 0.5) is 0 Å². The van der Waals surface area contributed by atoms with Crippen molar-refractivity contribution in [1.82, 2.24) is 20.7 Å². The van der Waals surface area contributed by atoms with Crippen LogP contribution in [0.3, 0.4) is 0 Å². The fourth-order valence-corrected chi connectivity index (χ4v) is 2.24. The highest BCUT2D eigenvalue weighted by Gasteiger charge is 2.18. The van der Waals surface area contributed by atoms with E-state index in [0.29, 0.717) is 13.0 Å². The Bertz CT molecular complexity index is 464. The lowest BCUT2D eigenvalue weighted by molar-refractivity contribution is -0.127. The van der Waals surface area contributed by atoms with Gasteiger partial charge in [-0.2, -0.15) is 0 Å². The Morgan fingerprint density at radius 1 is 1.50 bits per heavy atom. The maximum Gasteiger partial charge on any atom is 0.222 e. The molecule has 1 aromatic heterocycles. The van der Waals surface area contributed by atoms with E-state index >= 15 is 0 Å². The molecule has 2 N–H and O–H groups in total. The van der Waals surface area contributed by atoms with Crippen LogP contribution in [-0.2, 0) is 11.3 Å². The third-order valence-electron chi connectivity index (χ3n) is 3.30. The number of rotatable bonds is 7. The minimum absolute atomic E-state index is 0. The molecule has 1 amide bonds. The first-order valence-corrected chi connectivity index (χ1v) is 7.49. The SMILES string of the molecule is CCNC(=NCc1ccon1)NCCCN1CCCC1=O.I. The Labute approximate surface area is 147 Å². The first-order chi connectivity index (χ1) is 10.3. The number of nitrogens with zero attached hydrogens (tertiary/aromatic N) is 3. The lowest BCUT2D eigenvalue weighted by Gasteiger charge is -2.16. The molecule has 0 aliphatic carbocycles. The summed E-state index contributed by atoms with van der Waals surface area (Å²) in [6.45, 7) is 5.81. The van der Waals surface area contributed by atoms with Crippen LogP contribution in [0.1, 0.15) is 31.9 Å². The molecular weight excluding hydrogens is 397 g/mol. The van der Waals surface area contributed by atoms with Crippen molar-refractivity contribution < 1.29 is 9.32 Å². The number of carbonyl (C=O) groups excluding carboxylic acids is 1. The molecule has 0 saturated carbocycles.